The highest BCUT2D eigenvalue weighted by molar-refractivity contribution is 7.95. The quantitative estimate of drug-likeness (QED) is 0.575. The van der Waals surface area contributed by atoms with Crippen molar-refractivity contribution in [1.29, 1.82) is 0 Å². The third kappa shape index (κ3) is 3.78. The molecule has 1 aliphatic heterocycles. The van der Waals surface area contributed by atoms with Crippen molar-refractivity contribution < 1.29 is 12.6 Å². The van der Waals surface area contributed by atoms with Crippen LogP contribution >= 0.6 is 0 Å². The van der Waals surface area contributed by atoms with Crippen LogP contribution in [-0.2, 0) is 20.8 Å². The zero-order valence-electron chi connectivity index (χ0n) is 16.9. The second kappa shape index (κ2) is 8.30. The number of hydrogen-bond acceptors (Lipinski definition) is 3. The van der Waals surface area contributed by atoms with Crippen LogP contribution < -0.4 is 0 Å². The van der Waals surface area contributed by atoms with Gasteiger partial charge in [0.05, 0.1) is 20.7 Å². The lowest BCUT2D eigenvalue weighted by Gasteiger charge is -2.26. The molecule has 3 aromatic rings. The maximum atomic E-state index is 13.6. The molecular weight excluding hydrogens is 414 g/mol. The summed E-state index contributed by atoms with van der Waals surface area (Å²) in [5.41, 5.74) is 2.61. The lowest BCUT2D eigenvalue weighted by molar-refractivity contribution is 0.446. The van der Waals surface area contributed by atoms with Gasteiger partial charge in [0.2, 0.25) is 9.84 Å². The molecule has 0 radical (unpaired) electrons. The Morgan fingerprint density at radius 3 is 2.00 bits per heavy atom. The van der Waals surface area contributed by atoms with Crippen molar-refractivity contribution in [2.24, 2.45) is 0 Å². The van der Waals surface area contributed by atoms with Crippen LogP contribution in [0.15, 0.2) is 105 Å². The number of sulfone groups is 1. The van der Waals surface area contributed by atoms with Crippen molar-refractivity contribution in [2.75, 3.05) is 6.54 Å². The molecule has 2 atom stereocenters. The Balaban J connectivity index is 1.83. The number of nitrogens with zero attached hydrogens (tertiary/aromatic N) is 1. The maximum absolute atomic E-state index is 13.6. The predicted molar refractivity (Wildman–Crippen MR) is 120 cm³/mol. The van der Waals surface area contributed by atoms with Crippen molar-refractivity contribution in [1.82, 2.24) is 4.31 Å². The van der Waals surface area contributed by atoms with Gasteiger partial charge in [-0.25, -0.2) is 16.9 Å². The third-order valence-corrected chi connectivity index (χ3v) is 8.73. The molecular formula is C24H23NO3S2. The molecule has 0 fully saturated rings. The van der Waals surface area contributed by atoms with Crippen LogP contribution in [0.2, 0.25) is 0 Å². The van der Waals surface area contributed by atoms with Gasteiger partial charge in [0.1, 0.15) is 11.0 Å². The summed E-state index contributed by atoms with van der Waals surface area (Å²) in [4.78, 5) is 1.23. The van der Waals surface area contributed by atoms with Gasteiger partial charge in [0.25, 0.3) is 0 Å². The molecule has 0 aliphatic carbocycles. The van der Waals surface area contributed by atoms with Gasteiger partial charge in [-0.15, -0.1) is 0 Å². The van der Waals surface area contributed by atoms with Gasteiger partial charge in [-0.3, -0.25) is 0 Å². The first-order valence-electron chi connectivity index (χ1n) is 9.69. The standard InChI is InChI=1S/C24H23NO3S2/c1-18-13-15-21(16-14-18)29(26)25-17-19(2)24(23(25)20-9-5-3-6-10-20)30(27,28)22-11-7-4-8-12-22/h3-16,23H,17H2,1-2H3/t23-,29?/m1/s1. The average Bonchev–Trinajstić information content (AvgIpc) is 3.13. The summed E-state index contributed by atoms with van der Waals surface area (Å²) in [6.07, 6.45) is 0. The first-order valence-corrected chi connectivity index (χ1v) is 12.3. The number of benzene rings is 3. The molecule has 0 N–H and O–H groups in total. The summed E-state index contributed by atoms with van der Waals surface area (Å²) in [6.45, 7) is 4.12. The molecule has 0 amide bonds. The van der Waals surface area contributed by atoms with E-state index in [4.69, 9.17) is 0 Å². The van der Waals surface area contributed by atoms with E-state index in [0.717, 1.165) is 11.1 Å². The van der Waals surface area contributed by atoms with E-state index < -0.39 is 26.9 Å². The lowest BCUT2D eigenvalue weighted by Crippen LogP contribution is -2.29. The maximum Gasteiger partial charge on any atom is 0.204 e. The number of hydrogen-bond donors (Lipinski definition) is 0. The zero-order valence-corrected chi connectivity index (χ0v) is 18.5. The van der Waals surface area contributed by atoms with Crippen molar-refractivity contribution in [3.8, 4) is 0 Å². The van der Waals surface area contributed by atoms with E-state index >= 15 is 0 Å². The first kappa shape index (κ1) is 20.7. The zero-order chi connectivity index (χ0) is 21.3. The molecule has 1 heterocycles. The molecule has 0 bridgehead atoms. The summed E-state index contributed by atoms with van der Waals surface area (Å²) in [5, 5.41) is 0. The monoisotopic (exact) mass is 437 g/mol. The summed E-state index contributed by atoms with van der Waals surface area (Å²) in [7, 11) is -5.24. The molecule has 0 saturated carbocycles. The molecule has 154 valence electrons. The SMILES string of the molecule is CC1=C(S(=O)(=O)c2ccccc2)[C@@H](c2ccccc2)N(S(=O)c2ccc(C)cc2)C1. The Labute approximate surface area is 180 Å². The van der Waals surface area contributed by atoms with Gasteiger partial charge in [-0.05, 0) is 49.2 Å². The summed E-state index contributed by atoms with van der Waals surface area (Å²) < 4.78 is 42.5. The molecule has 0 spiro atoms. The van der Waals surface area contributed by atoms with Crippen LogP contribution in [0.25, 0.3) is 0 Å². The summed E-state index contributed by atoms with van der Waals surface area (Å²) in [5.74, 6) is 0. The smallest absolute Gasteiger partial charge is 0.204 e. The van der Waals surface area contributed by atoms with Gasteiger partial charge in [0, 0.05) is 6.54 Å². The minimum Gasteiger partial charge on any atom is -0.237 e. The predicted octanol–water partition coefficient (Wildman–Crippen LogP) is 4.82. The Hall–Kier alpha value is -2.54. The normalized spacial score (nSPS) is 18.5. The molecule has 3 aromatic carbocycles. The molecule has 0 saturated heterocycles. The topological polar surface area (TPSA) is 54.5 Å². The Kier molecular flexibility index (Phi) is 5.73. The van der Waals surface area contributed by atoms with E-state index in [1.165, 1.54) is 0 Å². The molecule has 1 unspecified atom stereocenters. The second-order valence-electron chi connectivity index (χ2n) is 7.41. The van der Waals surface area contributed by atoms with Crippen LogP contribution in [0.3, 0.4) is 0 Å². The summed E-state index contributed by atoms with van der Waals surface area (Å²) >= 11 is 0. The third-order valence-electron chi connectivity index (χ3n) is 5.24. The fourth-order valence-corrected chi connectivity index (χ4v) is 7.05. The Morgan fingerprint density at radius 1 is 0.833 bits per heavy atom. The van der Waals surface area contributed by atoms with E-state index in [1.807, 2.05) is 68.4 Å². The van der Waals surface area contributed by atoms with Crippen LogP contribution in [0.5, 0.6) is 0 Å². The molecule has 1 aliphatic rings. The van der Waals surface area contributed by atoms with Gasteiger partial charge >= 0.3 is 0 Å². The first-order chi connectivity index (χ1) is 14.4. The molecule has 6 heteroatoms. The van der Waals surface area contributed by atoms with Crippen molar-refractivity contribution in [2.45, 2.75) is 29.7 Å². The van der Waals surface area contributed by atoms with E-state index in [2.05, 4.69) is 0 Å². The van der Waals surface area contributed by atoms with Crippen LogP contribution in [-0.4, -0.2) is 23.5 Å². The Morgan fingerprint density at radius 2 is 1.40 bits per heavy atom. The highest BCUT2D eigenvalue weighted by atomic mass is 32.2. The largest absolute Gasteiger partial charge is 0.237 e. The second-order valence-corrected chi connectivity index (χ2v) is 10.8. The lowest BCUT2D eigenvalue weighted by atomic mass is 10.1. The van der Waals surface area contributed by atoms with Crippen LogP contribution in [0.1, 0.15) is 24.1 Å². The molecule has 4 rings (SSSR count). The van der Waals surface area contributed by atoms with E-state index in [9.17, 15) is 12.6 Å². The van der Waals surface area contributed by atoms with Crippen LogP contribution in [0.4, 0.5) is 0 Å². The molecule has 4 nitrogen and oxygen atoms in total. The van der Waals surface area contributed by atoms with Gasteiger partial charge < -0.3 is 0 Å². The van der Waals surface area contributed by atoms with Crippen molar-refractivity contribution in [3.63, 3.8) is 0 Å². The minimum absolute atomic E-state index is 0.253. The van der Waals surface area contributed by atoms with Gasteiger partial charge in [-0.1, -0.05) is 66.2 Å². The fraction of sp³-hybridized carbons (Fsp3) is 0.167. The van der Waals surface area contributed by atoms with Crippen molar-refractivity contribution >= 4 is 20.8 Å². The van der Waals surface area contributed by atoms with E-state index in [1.54, 1.807) is 34.6 Å². The van der Waals surface area contributed by atoms with Gasteiger partial charge in [-0.2, -0.15) is 0 Å². The average molecular weight is 438 g/mol. The fourth-order valence-electron chi connectivity index (χ4n) is 3.77. The van der Waals surface area contributed by atoms with E-state index in [0.29, 0.717) is 21.9 Å². The molecule has 30 heavy (non-hydrogen) atoms. The molecule has 0 aromatic heterocycles. The highest BCUT2D eigenvalue weighted by Crippen LogP contribution is 2.43. The van der Waals surface area contributed by atoms with Gasteiger partial charge in [0.15, 0.2) is 0 Å². The van der Waals surface area contributed by atoms with Crippen LogP contribution in [0, 0.1) is 6.92 Å². The number of rotatable bonds is 5. The minimum atomic E-state index is -3.74. The van der Waals surface area contributed by atoms with Crippen molar-refractivity contribution in [3.05, 3.63) is 107 Å². The van der Waals surface area contributed by atoms with E-state index in [-0.39, 0.29) is 4.90 Å². The Bertz CT molecular complexity index is 1200. The number of aryl methyl sites for hydroxylation is 1. The highest BCUT2D eigenvalue weighted by Gasteiger charge is 2.42. The summed E-state index contributed by atoms with van der Waals surface area (Å²) in [6, 6.07) is 24.8.